The van der Waals surface area contributed by atoms with Crippen LogP contribution >= 0.6 is 11.6 Å². The van der Waals surface area contributed by atoms with Gasteiger partial charge in [0.05, 0.1) is 10.6 Å². The van der Waals surface area contributed by atoms with Crippen molar-refractivity contribution in [3.8, 4) is 0 Å². The van der Waals surface area contributed by atoms with Gasteiger partial charge < -0.3 is 4.74 Å². The lowest BCUT2D eigenvalue weighted by Crippen LogP contribution is -2.50. The number of fused-ring (bicyclic) bond motifs is 1. The van der Waals surface area contributed by atoms with Gasteiger partial charge in [-0.2, -0.15) is 4.31 Å². The molecule has 0 radical (unpaired) electrons. The highest BCUT2D eigenvalue weighted by molar-refractivity contribution is 7.89. The van der Waals surface area contributed by atoms with E-state index in [9.17, 15) is 13.2 Å². The van der Waals surface area contributed by atoms with Crippen LogP contribution in [0.4, 0.5) is 10.5 Å². The summed E-state index contributed by atoms with van der Waals surface area (Å²) in [4.78, 5) is 14.6. The number of benzene rings is 2. The largest absolute Gasteiger partial charge is 0.444 e. The number of ether oxygens (including phenoxy) is 1. The minimum atomic E-state index is -3.62. The van der Waals surface area contributed by atoms with E-state index in [1.165, 1.54) is 0 Å². The summed E-state index contributed by atoms with van der Waals surface area (Å²) in [6.45, 7) is 8.53. The van der Waals surface area contributed by atoms with Crippen molar-refractivity contribution in [3.05, 3.63) is 57.1 Å². The molecule has 2 aliphatic heterocycles. The lowest BCUT2D eigenvalue weighted by atomic mass is 10.0. The lowest BCUT2D eigenvalue weighted by molar-refractivity contribution is 0.136. The molecule has 166 valence electrons. The van der Waals surface area contributed by atoms with Gasteiger partial charge >= 0.3 is 6.09 Å². The van der Waals surface area contributed by atoms with Crippen molar-refractivity contribution in [3.63, 3.8) is 0 Å². The zero-order valence-corrected chi connectivity index (χ0v) is 19.8. The summed E-state index contributed by atoms with van der Waals surface area (Å²) >= 11 is 6.09. The van der Waals surface area contributed by atoms with Gasteiger partial charge in [0.1, 0.15) is 6.61 Å². The highest BCUT2D eigenvalue weighted by Crippen LogP contribution is 2.35. The molecule has 4 rings (SSSR count). The molecule has 0 aliphatic carbocycles. The van der Waals surface area contributed by atoms with Gasteiger partial charge in [0, 0.05) is 29.7 Å². The van der Waals surface area contributed by atoms with Crippen molar-refractivity contribution < 1.29 is 17.9 Å². The molecule has 2 aliphatic rings. The molecule has 0 atom stereocenters. The Bertz CT molecular complexity index is 1130. The maximum Gasteiger partial charge on any atom is 0.414 e. The van der Waals surface area contributed by atoms with Crippen LogP contribution in [0, 0.1) is 27.7 Å². The highest BCUT2D eigenvalue weighted by atomic mass is 35.5. The maximum atomic E-state index is 13.5. The standard InChI is InChI=1S/C23H27ClN2O4S/c1-14-11-15(2)17(4)22(16(14)3)31(28,29)25-9-7-20(8-10-25)26-21-6-5-19(24)12-18(21)13-30-23(26)27/h5-6,11-12,20H,7-10,13H2,1-4H3. The second-order valence-corrected chi connectivity index (χ2v) is 10.7. The molecular formula is C23H27ClN2O4S. The summed E-state index contributed by atoms with van der Waals surface area (Å²) < 4.78 is 33.9. The number of halogens is 1. The van der Waals surface area contributed by atoms with E-state index in [2.05, 4.69) is 0 Å². The van der Waals surface area contributed by atoms with Crippen molar-refractivity contribution in [2.24, 2.45) is 0 Å². The zero-order chi connectivity index (χ0) is 22.5. The van der Waals surface area contributed by atoms with Crippen LogP contribution in [-0.4, -0.2) is 37.9 Å². The molecule has 6 nitrogen and oxygen atoms in total. The molecule has 31 heavy (non-hydrogen) atoms. The van der Waals surface area contributed by atoms with Crippen molar-refractivity contribution in [2.45, 2.75) is 58.1 Å². The fourth-order valence-electron chi connectivity index (χ4n) is 4.60. The molecule has 0 unspecified atom stereocenters. The Hall–Kier alpha value is -2.09. The third-order valence-corrected chi connectivity index (χ3v) is 8.94. The average Bonchev–Trinajstić information content (AvgIpc) is 2.72. The smallest absolute Gasteiger partial charge is 0.414 e. The number of aryl methyl sites for hydroxylation is 2. The monoisotopic (exact) mass is 462 g/mol. The van der Waals surface area contributed by atoms with Gasteiger partial charge in [0.2, 0.25) is 10.0 Å². The van der Waals surface area contributed by atoms with E-state index < -0.39 is 16.1 Å². The maximum absolute atomic E-state index is 13.5. The van der Waals surface area contributed by atoms with E-state index in [4.69, 9.17) is 16.3 Å². The number of hydrogen-bond donors (Lipinski definition) is 0. The Morgan fingerprint density at radius 3 is 2.23 bits per heavy atom. The molecule has 2 aromatic rings. The molecule has 0 bridgehead atoms. The topological polar surface area (TPSA) is 66.9 Å². The van der Waals surface area contributed by atoms with E-state index >= 15 is 0 Å². The summed E-state index contributed by atoms with van der Waals surface area (Å²) in [7, 11) is -3.62. The summed E-state index contributed by atoms with van der Waals surface area (Å²) in [5, 5.41) is 0.594. The number of rotatable bonds is 3. The van der Waals surface area contributed by atoms with Crippen molar-refractivity contribution in [2.75, 3.05) is 18.0 Å². The van der Waals surface area contributed by atoms with Crippen LogP contribution in [0.2, 0.25) is 5.02 Å². The Balaban J connectivity index is 1.58. The third-order valence-electron chi connectivity index (χ3n) is 6.53. The normalized spacial score (nSPS) is 18.1. The fourth-order valence-corrected chi connectivity index (χ4v) is 6.84. The predicted octanol–water partition coefficient (Wildman–Crippen LogP) is 4.88. The van der Waals surface area contributed by atoms with Gasteiger partial charge in [-0.1, -0.05) is 17.7 Å². The Morgan fingerprint density at radius 1 is 1.00 bits per heavy atom. The molecule has 2 aromatic carbocycles. The molecule has 0 aromatic heterocycles. The van der Waals surface area contributed by atoms with Crippen LogP contribution in [0.1, 0.15) is 40.7 Å². The van der Waals surface area contributed by atoms with Crippen molar-refractivity contribution >= 4 is 33.4 Å². The van der Waals surface area contributed by atoms with E-state index in [1.54, 1.807) is 15.3 Å². The molecule has 0 N–H and O–H groups in total. The van der Waals surface area contributed by atoms with Crippen LogP contribution in [-0.2, 0) is 21.4 Å². The van der Waals surface area contributed by atoms with Gasteiger partial charge in [-0.25, -0.2) is 13.2 Å². The minimum absolute atomic E-state index is 0.124. The van der Waals surface area contributed by atoms with Crippen LogP contribution in [0.15, 0.2) is 29.2 Å². The Morgan fingerprint density at radius 2 is 1.61 bits per heavy atom. The number of amides is 1. The van der Waals surface area contributed by atoms with Gasteiger partial charge in [-0.05, 0) is 81.0 Å². The summed E-state index contributed by atoms with van der Waals surface area (Å²) in [5.41, 5.74) is 5.21. The number of nitrogens with zero attached hydrogens (tertiary/aromatic N) is 2. The molecule has 0 saturated carbocycles. The van der Waals surface area contributed by atoms with E-state index in [0.717, 1.165) is 33.5 Å². The van der Waals surface area contributed by atoms with Crippen LogP contribution in [0.25, 0.3) is 0 Å². The third kappa shape index (κ3) is 3.83. The average molecular weight is 463 g/mol. The van der Waals surface area contributed by atoms with Crippen LogP contribution in [0.3, 0.4) is 0 Å². The first-order chi connectivity index (χ1) is 14.6. The Kier molecular flexibility index (Phi) is 5.79. The summed E-state index contributed by atoms with van der Waals surface area (Å²) in [6.07, 6.45) is 0.690. The first kappa shape index (κ1) is 22.1. The number of sulfonamides is 1. The van der Waals surface area contributed by atoms with Crippen molar-refractivity contribution in [1.82, 2.24) is 4.31 Å². The number of anilines is 1. The highest BCUT2D eigenvalue weighted by Gasteiger charge is 2.38. The van der Waals surface area contributed by atoms with Gasteiger partial charge in [-0.15, -0.1) is 0 Å². The Labute approximate surface area is 188 Å². The molecule has 1 saturated heterocycles. The second kappa shape index (κ2) is 8.11. The minimum Gasteiger partial charge on any atom is -0.444 e. The summed E-state index contributed by atoms with van der Waals surface area (Å²) in [6, 6.07) is 7.31. The number of cyclic esters (lactones) is 1. The molecular weight excluding hydrogens is 436 g/mol. The van der Waals surface area contributed by atoms with Gasteiger partial charge in [-0.3, -0.25) is 4.90 Å². The quantitative estimate of drug-likeness (QED) is 0.651. The number of piperidine rings is 1. The molecule has 1 amide bonds. The van der Waals surface area contributed by atoms with Gasteiger partial charge in [0.15, 0.2) is 0 Å². The molecule has 8 heteroatoms. The number of carbonyl (C=O) groups excluding carboxylic acids is 1. The van der Waals surface area contributed by atoms with E-state index in [1.807, 2.05) is 45.9 Å². The first-order valence-corrected chi connectivity index (χ1v) is 12.2. The predicted molar refractivity (Wildman–Crippen MR) is 121 cm³/mol. The lowest BCUT2D eigenvalue weighted by Gasteiger charge is -2.40. The fraction of sp³-hybridized carbons (Fsp3) is 0.435. The molecule has 1 fully saturated rings. The molecule has 0 spiro atoms. The zero-order valence-electron chi connectivity index (χ0n) is 18.2. The van der Waals surface area contributed by atoms with Gasteiger partial charge in [0.25, 0.3) is 0 Å². The van der Waals surface area contributed by atoms with Crippen molar-refractivity contribution in [1.29, 1.82) is 0 Å². The first-order valence-electron chi connectivity index (χ1n) is 10.4. The molecule has 2 heterocycles. The summed E-state index contributed by atoms with van der Waals surface area (Å²) in [5.74, 6) is 0. The second-order valence-electron chi connectivity index (χ2n) is 8.42. The van der Waals surface area contributed by atoms with Crippen LogP contribution in [0.5, 0.6) is 0 Å². The van der Waals surface area contributed by atoms with E-state index in [0.29, 0.717) is 35.8 Å². The number of hydrogen-bond acceptors (Lipinski definition) is 4. The van der Waals surface area contributed by atoms with Crippen LogP contribution < -0.4 is 4.90 Å². The number of carbonyl (C=O) groups is 1. The van der Waals surface area contributed by atoms with E-state index in [-0.39, 0.29) is 12.6 Å². The SMILES string of the molecule is Cc1cc(C)c(C)c(S(=O)(=O)N2CCC(N3C(=O)OCc4cc(Cl)ccc43)CC2)c1C.